The monoisotopic (exact) mass is 280 g/mol. The first kappa shape index (κ1) is 13.1. The van der Waals surface area contributed by atoms with Gasteiger partial charge in [0.1, 0.15) is 6.10 Å². The van der Waals surface area contributed by atoms with Crippen molar-refractivity contribution in [1.29, 1.82) is 0 Å². The molecule has 1 N–H and O–H groups in total. The fourth-order valence-electron chi connectivity index (χ4n) is 2.49. The van der Waals surface area contributed by atoms with Crippen molar-refractivity contribution < 1.29 is 28.8 Å². The molecule has 0 spiro atoms. The predicted octanol–water partition coefficient (Wildman–Crippen LogP) is 1.41. The van der Waals surface area contributed by atoms with Gasteiger partial charge < -0.3 is 24.1 Å². The summed E-state index contributed by atoms with van der Waals surface area (Å²) in [4.78, 5) is 11.7. The molecule has 3 unspecified atom stereocenters. The van der Waals surface area contributed by atoms with Crippen molar-refractivity contribution in [2.45, 2.75) is 25.6 Å². The first-order chi connectivity index (χ1) is 9.45. The highest BCUT2D eigenvalue weighted by Gasteiger charge is 2.51. The summed E-state index contributed by atoms with van der Waals surface area (Å²) in [5, 5.41) is 10.1. The van der Waals surface area contributed by atoms with Crippen LogP contribution in [0.5, 0.6) is 17.2 Å². The minimum absolute atomic E-state index is 0.132. The molecule has 6 nitrogen and oxygen atoms in total. The van der Waals surface area contributed by atoms with Crippen LogP contribution in [0.25, 0.3) is 0 Å². The number of esters is 1. The van der Waals surface area contributed by atoms with Gasteiger partial charge in [0.25, 0.3) is 0 Å². The van der Waals surface area contributed by atoms with Gasteiger partial charge in [-0.15, -0.1) is 0 Å². The Bertz CT molecular complexity index is 565. The topological polar surface area (TPSA) is 74.2 Å². The van der Waals surface area contributed by atoms with Gasteiger partial charge in [-0.1, -0.05) is 6.92 Å². The molecule has 0 amide bonds. The van der Waals surface area contributed by atoms with Crippen molar-refractivity contribution in [2.24, 2.45) is 5.92 Å². The number of fused-ring (bicyclic) bond motifs is 1. The summed E-state index contributed by atoms with van der Waals surface area (Å²) < 4.78 is 21.2. The van der Waals surface area contributed by atoms with Gasteiger partial charge in [0.15, 0.2) is 17.1 Å². The zero-order valence-electron chi connectivity index (χ0n) is 11.5. The molecule has 0 aliphatic carbocycles. The third kappa shape index (κ3) is 1.71. The van der Waals surface area contributed by atoms with E-state index in [1.54, 1.807) is 19.1 Å². The molecule has 2 aliphatic heterocycles. The lowest BCUT2D eigenvalue weighted by atomic mass is 9.86. The molecule has 20 heavy (non-hydrogen) atoms. The van der Waals surface area contributed by atoms with Gasteiger partial charge in [-0.25, -0.2) is 4.79 Å². The number of aliphatic hydroxyl groups is 1. The Hall–Kier alpha value is -1.95. The lowest BCUT2D eigenvalue weighted by molar-refractivity contribution is -0.154. The molecule has 2 heterocycles. The fourth-order valence-corrected chi connectivity index (χ4v) is 2.49. The van der Waals surface area contributed by atoms with E-state index < -0.39 is 17.7 Å². The molecular formula is C14H16O6. The Morgan fingerprint density at radius 3 is 2.75 bits per heavy atom. The highest BCUT2D eigenvalue weighted by Crippen LogP contribution is 2.47. The summed E-state index contributed by atoms with van der Waals surface area (Å²) in [7, 11) is 1.53. The number of ether oxygens (including phenoxy) is 4. The largest absolute Gasteiger partial charge is 0.493 e. The lowest BCUT2D eigenvalue weighted by Gasteiger charge is -2.20. The summed E-state index contributed by atoms with van der Waals surface area (Å²) >= 11 is 0. The Balaban J connectivity index is 2.02. The maximum atomic E-state index is 11.7. The van der Waals surface area contributed by atoms with Gasteiger partial charge in [0, 0.05) is 11.5 Å². The summed E-state index contributed by atoms with van der Waals surface area (Å²) in [5.74, 6) is 0.616. The number of methoxy groups -OCH3 is 1. The molecule has 3 rings (SSSR count). The normalized spacial score (nSPS) is 31.3. The van der Waals surface area contributed by atoms with E-state index in [-0.39, 0.29) is 12.7 Å². The molecule has 108 valence electrons. The van der Waals surface area contributed by atoms with E-state index in [1.807, 2.05) is 0 Å². The number of cyclic esters (lactones) is 1. The molecule has 2 aliphatic rings. The predicted molar refractivity (Wildman–Crippen MR) is 67.7 cm³/mol. The van der Waals surface area contributed by atoms with E-state index in [1.165, 1.54) is 14.0 Å². The Labute approximate surface area is 116 Å². The third-order valence-corrected chi connectivity index (χ3v) is 4.00. The van der Waals surface area contributed by atoms with E-state index in [4.69, 9.17) is 18.9 Å². The quantitative estimate of drug-likeness (QED) is 0.826. The molecule has 1 aromatic carbocycles. The second-order valence-corrected chi connectivity index (χ2v) is 5.22. The van der Waals surface area contributed by atoms with Crippen LogP contribution >= 0.6 is 0 Å². The van der Waals surface area contributed by atoms with Crippen molar-refractivity contribution >= 4 is 5.97 Å². The maximum absolute atomic E-state index is 11.7. The number of hydrogen-bond acceptors (Lipinski definition) is 6. The number of carbonyl (C=O) groups is 1. The van der Waals surface area contributed by atoms with E-state index in [9.17, 15) is 9.90 Å². The van der Waals surface area contributed by atoms with Crippen LogP contribution in [-0.4, -0.2) is 30.6 Å². The van der Waals surface area contributed by atoms with Crippen molar-refractivity contribution in [3.63, 3.8) is 0 Å². The molecule has 1 aromatic rings. The van der Waals surface area contributed by atoms with E-state index in [0.717, 1.165) is 0 Å². The van der Waals surface area contributed by atoms with E-state index in [2.05, 4.69) is 0 Å². The fraction of sp³-hybridized carbons (Fsp3) is 0.500. The molecule has 0 bridgehead atoms. The average molecular weight is 280 g/mol. The van der Waals surface area contributed by atoms with Crippen LogP contribution in [0.15, 0.2) is 12.1 Å². The van der Waals surface area contributed by atoms with Crippen LogP contribution in [0.2, 0.25) is 0 Å². The first-order valence-corrected chi connectivity index (χ1v) is 6.36. The molecule has 0 radical (unpaired) electrons. The molecule has 1 saturated heterocycles. The van der Waals surface area contributed by atoms with Gasteiger partial charge in [0.2, 0.25) is 12.5 Å². The van der Waals surface area contributed by atoms with Crippen LogP contribution in [-0.2, 0) is 9.53 Å². The van der Waals surface area contributed by atoms with Gasteiger partial charge in [0.05, 0.1) is 7.11 Å². The SMILES string of the molecule is COc1cc(C2OC(=O)C(C)(O)C2C)cc2c1OCO2. The van der Waals surface area contributed by atoms with Gasteiger partial charge >= 0.3 is 5.97 Å². The smallest absolute Gasteiger partial charge is 0.338 e. The van der Waals surface area contributed by atoms with Crippen molar-refractivity contribution in [3.05, 3.63) is 17.7 Å². The van der Waals surface area contributed by atoms with Crippen LogP contribution in [0.3, 0.4) is 0 Å². The number of benzene rings is 1. The van der Waals surface area contributed by atoms with Crippen molar-refractivity contribution in [3.8, 4) is 17.2 Å². The maximum Gasteiger partial charge on any atom is 0.338 e. The van der Waals surface area contributed by atoms with Crippen molar-refractivity contribution in [1.82, 2.24) is 0 Å². The van der Waals surface area contributed by atoms with Gasteiger partial charge in [-0.05, 0) is 19.1 Å². The molecule has 0 aromatic heterocycles. The van der Waals surface area contributed by atoms with Crippen LogP contribution < -0.4 is 14.2 Å². The highest BCUT2D eigenvalue weighted by molar-refractivity contribution is 5.82. The standard InChI is InChI=1S/C14H16O6/c1-7-11(20-13(15)14(7,2)16)8-4-9(17-3)12-10(5-8)18-6-19-12/h4-5,7,11,16H,6H2,1-3H3. The number of carbonyl (C=O) groups excluding carboxylic acids is 1. The highest BCUT2D eigenvalue weighted by atomic mass is 16.7. The summed E-state index contributed by atoms with van der Waals surface area (Å²) in [6, 6.07) is 3.49. The number of hydrogen-bond donors (Lipinski definition) is 1. The number of rotatable bonds is 2. The van der Waals surface area contributed by atoms with E-state index in [0.29, 0.717) is 22.8 Å². The second kappa shape index (κ2) is 4.28. The van der Waals surface area contributed by atoms with Gasteiger partial charge in [-0.2, -0.15) is 0 Å². The molecule has 0 saturated carbocycles. The van der Waals surface area contributed by atoms with E-state index >= 15 is 0 Å². The molecule has 1 fully saturated rings. The van der Waals surface area contributed by atoms with Crippen LogP contribution in [0.1, 0.15) is 25.5 Å². The Morgan fingerprint density at radius 2 is 2.15 bits per heavy atom. The average Bonchev–Trinajstić information content (AvgIpc) is 2.96. The van der Waals surface area contributed by atoms with Gasteiger partial charge in [-0.3, -0.25) is 0 Å². The zero-order chi connectivity index (χ0) is 14.5. The summed E-state index contributed by atoms with van der Waals surface area (Å²) in [5.41, 5.74) is -0.779. The minimum Gasteiger partial charge on any atom is -0.493 e. The Kier molecular flexibility index (Phi) is 2.79. The Morgan fingerprint density at radius 1 is 1.40 bits per heavy atom. The molecule has 6 heteroatoms. The molecular weight excluding hydrogens is 264 g/mol. The zero-order valence-corrected chi connectivity index (χ0v) is 11.5. The second-order valence-electron chi connectivity index (χ2n) is 5.22. The summed E-state index contributed by atoms with van der Waals surface area (Å²) in [6.07, 6.45) is -0.541. The summed E-state index contributed by atoms with van der Waals surface area (Å²) in [6.45, 7) is 3.36. The van der Waals surface area contributed by atoms with Crippen molar-refractivity contribution in [2.75, 3.05) is 13.9 Å². The third-order valence-electron chi connectivity index (χ3n) is 4.00. The lowest BCUT2D eigenvalue weighted by Crippen LogP contribution is -2.35. The molecule has 3 atom stereocenters. The van der Waals surface area contributed by atoms with Crippen LogP contribution in [0, 0.1) is 5.92 Å². The minimum atomic E-state index is -1.49. The first-order valence-electron chi connectivity index (χ1n) is 6.36. The van der Waals surface area contributed by atoms with Crippen LogP contribution in [0.4, 0.5) is 0 Å².